The average molecular weight is 281 g/mol. The molecule has 0 heterocycles. The lowest BCUT2D eigenvalue weighted by Crippen LogP contribution is -2.05. The van der Waals surface area contributed by atoms with Crippen LogP contribution in [0.25, 0.3) is 0 Å². The van der Waals surface area contributed by atoms with Gasteiger partial charge in [-0.2, -0.15) is 5.10 Å². The van der Waals surface area contributed by atoms with Gasteiger partial charge in [0.25, 0.3) is 0 Å². The van der Waals surface area contributed by atoms with Crippen LogP contribution in [-0.4, -0.2) is 5.71 Å². The number of halogens is 3. The second-order valence-corrected chi connectivity index (χ2v) is 4.35. The fraction of sp³-hybridized carbons (Fsp3) is 0.0714. The standard InChI is InChI=1S/C14H11ClF2N2/c1-9(14-12(16)6-3-7-13(14)17)18-19-11-5-2-4-10(15)8-11/h2-8,19H,1H3/b18-9-. The number of hydrazone groups is 1. The van der Waals surface area contributed by atoms with Gasteiger partial charge in [-0.15, -0.1) is 0 Å². The molecule has 5 heteroatoms. The summed E-state index contributed by atoms with van der Waals surface area (Å²) in [5.74, 6) is -1.29. The first-order valence-electron chi connectivity index (χ1n) is 5.58. The zero-order valence-electron chi connectivity index (χ0n) is 10.1. The molecule has 0 aliphatic heterocycles. The predicted molar refractivity (Wildman–Crippen MR) is 73.6 cm³/mol. The third kappa shape index (κ3) is 3.29. The molecule has 0 spiro atoms. The van der Waals surface area contributed by atoms with Crippen LogP contribution < -0.4 is 5.43 Å². The molecule has 0 fully saturated rings. The van der Waals surface area contributed by atoms with Gasteiger partial charge in [0.15, 0.2) is 0 Å². The van der Waals surface area contributed by atoms with Crippen LogP contribution in [0.15, 0.2) is 47.6 Å². The Hall–Kier alpha value is -1.94. The summed E-state index contributed by atoms with van der Waals surface area (Å²) in [6.07, 6.45) is 0. The summed E-state index contributed by atoms with van der Waals surface area (Å²) in [4.78, 5) is 0. The van der Waals surface area contributed by atoms with Crippen molar-refractivity contribution >= 4 is 23.0 Å². The Morgan fingerprint density at radius 1 is 1.11 bits per heavy atom. The van der Waals surface area contributed by atoms with E-state index in [9.17, 15) is 8.78 Å². The highest BCUT2D eigenvalue weighted by atomic mass is 35.5. The normalized spacial score (nSPS) is 11.5. The fourth-order valence-electron chi connectivity index (χ4n) is 1.61. The van der Waals surface area contributed by atoms with Crippen LogP contribution in [0.4, 0.5) is 14.5 Å². The van der Waals surface area contributed by atoms with E-state index in [2.05, 4.69) is 10.5 Å². The van der Waals surface area contributed by atoms with Crippen molar-refractivity contribution in [3.05, 3.63) is 64.7 Å². The molecule has 2 rings (SSSR count). The number of anilines is 1. The van der Waals surface area contributed by atoms with E-state index in [1.54, 1.807) is 24.3 Å². The topological polar surface area (TPSA) is 24.4 Å². The van der Waals surface area contributed by atoms with Crippen LogP contribution in [0, 0.1) is 11.6 Å². The summed E-state index contributed by atoms with van der Waals surface area (Å²) in [5, 5.41) is 4.51. The molecule has 0 saturated carbocycles. The minimum Gasteiger partial charge on any atom is -0.278 e. The Labute approximate surface area is 114 Å². The van der Waals surface area contributed by atoms with Gasteiger partial charge in [-0.05, 0) is 37.3 Å². The smallest absolute Gasteiger partial charge is 0.135 e. The van der Waals surface area contributed by atoms with Crippen LogP contribution in [0.1, 0.15) is 12.5 Å². The first-order valence-corrected chi connectivity index (χ1v) is 5.96. The average Bonchev–Trinajstić information content (AvgIpc) is 2.36. The zero-order chi connectivity index (χ0) is 13.8. The van der Waals surface area contributed by atoms with Crippen molar-refractivity contribution in [1.29, 1.82) is 0 Å². The van der Waals surface area contributed by atoms with E-state index in [4.69, 9.17) is 11.6 Å². The second kappa shape index (κ2) is 5.80. The Bertz CT molecular complexity index is 606. The van der Waals surface area contributed by atoms with Crippen molar-refractivity contribution < 1.29 is 8.78 Å². The molecular weight excluding hydrogens is 270 g/mol. The highest BCUT2D eigenvalue weighted by Crippen LogP contribution is 2.16. The number of hydrogen-bond donors (Lipinski definition) is 1. The van der Waals surface area contributed by atoms with Gasteiger partial charge < -0.3 is 0 Å². The molecule has 0 unspecified atom stereocenters. The Morgan fingerprint density at radius 2 is 1.74 bits per heavy atom. The van der Waals surface area contributed by atoms with Gasteiger partial charge in [0.05, 0.1) is 17.0 Å². The van der Waals surface area contributed by atoms with Gasteiger partial charge in [0, 0.05) is 5.02 Å². The molecular formula is C14H11ClF2N2. The van der Waals surface area contributed by atoms with Gasteiger partial charge in [0.2, 0.25) is 0 Å². The van der Waals surface area contributed by atoms with Gasteiger partial charge in [-0.25, -0.2) is 8.78 Å². The van der Waals surface area contributed by atoms with Crippen LogP contribution in [0.5, 0.6) is 0 Å². The van der Waals surface area contributed by atoms with Crippen LogP contribution in [-0.2, 0) is 0 Å². The van der Waals surface area contributed by atoms with Crippen molar-refractivity contribution in [2.45, 2.75) is 6.92 Å². The molecule has 2 aromatic rings. The van der Waals surface area contributed by atoms with E-state index in [1.807, 2.05) is 0 Å². The van der Waals surface area contributed by atoms with E-state index >= 15 is 0 Å². The first-order chi connectivity index (χ1) is 9.08. The molecule has 0 aliphatic carbocycles. The van der Waals surface area contributed by atoms with Gasteiger partial charge in [0.1, 0.15) is 11.6 Å². The SMILES string of the molecule is C/C(=N/Nc1cccc(Cl)c1)c1c(F)cccc1F. The van der Waals surface area contributed by atoms with Crippen LogP contribution in [0.2, 0.25) is 5.02 Å². The molecule has 0 aromatic heterocycles. The van der Waals surface area contributed by atoms with Gasteiger partial charge >= 0.3 is 0 Å². The van der Waals surface area contributed by atoms with E-state index < -0.39 is 11.6 Å². The van der Waals surface area contributed by atoms with Crippen molar-refractivity contribution in [2.75, 3.05) is 5.43 Å². The quantitative estimate of drug-likeness (QED) is 0.652. The summed E-state index contributed by atoms with van der Waals surface area (Å²) in [6.45, 7) is 1.53. The summed E-state index contributed by atoms with van der Waals surface area (Å²) in [7, 11) is 0. The molecule has 2 nitrogen and oxygen atoms in total. The molecule has 0 amide bonds. The molecule has 0 radical (unpaired) electrons. The summed E-state index contributed by atoms with van der Waals surface area (Å²) in [6, 6.07) is 10.6. The third-order valence-corrected chi connectivity index (χ3v) is 2.74. The van der Waals surface area contributed by atoms with E-state index in [0.29, 0.717) is 10.7 Å². The van der Waals surface area contributed by atoms with Crippen molar-refractivity contribution in [3.63, 3.8) is 0 Å². The van der Waals surface area contributed by atoms with Gasteiger partial charge in [-0.3, -0.25) is 5.43 Å². The van der Waals surface area contributed by atoms with E-state index in [-0.39, 0.29) is 11.3 Å². The van der Waals surface area contributed by atoms with Crippen molar-refractivity contribution in [1.82, 2.24) is 0 Å². The van der Waals surface area contributed by atoms with Gasteiger partial charge in [-0.1, -0.05) is 23.7 Å². The molecule has 0 aliphatic rings. The lowest BCUT2D eigenvalue weighted by Gasteiger charge is -2.06. The minimum atomic E-state index is -0.644. The summed E-state index contributed by atoms with van der Waals surface area (Å²) < 4.78 is 27.0. The fourth-order valence-corrected chi connectivity index (χ4v) is 1.80. The van der Waals surface area contributed by atoms with Crippen molar-refractivity contribution in [3.8, 4) is 0 Å². The van der Waals surface area contributed by atoms with Crippen LogP contribution in [0.3, 0.4) is 0 Å². The first kappa shape index (κ1) is 13.5. The number of nitrogens with zero attached hydrogens (tertiary/aromatic N) is 1. The predicted octanol–water partition coefficient (Wildman–Crippen LogP) is 4.45. The Balaban J connectivity index is 2.24. The maximum Gasteiger partial charge on any atom is 0.135 e. The summed E-state index contributed by atoms with van der Waals surface area (Å²) >= 11 is 5.82. The van der Waals surface area contributed by atoms with E-state index in [0.717, 1.165) is 0 Å². The molecule has 0 saturated heterocycles. The largest absolute Gasteiger partial charge is 0.278 e. The highest BCUT2D eigenvalue weighted by Gasteiger charge is 2.11. The maximum atomic E-state index is 13.5. The molecule has 19 heavy (non-hydrogen) atoms. The molecule has 0 bridgehead atoms. The molecule has 0 atom stereocenters. The molecule has 98 valence electrons. The minimum absolute atomic E-state index is 0.142. The number of nitrogens with one attached hydrogen (secondary N) is 1. The highest BCUT2D eigenvalue weighted by molar-refractivity contribution is 6.30. The molecule has 2 aromatic carbocycles. The number of benzene rings is 2. The second-order valence-electron chi connectivity index (χ2n) is 3.92. The number of hydrogen-bond acceptors (Lipinski definition) is 2. The van der Waals surface area contributed by atoms with Crippen molar-refractivity contribution in [2.24, 2.45) is 5.10 Å². The van der Waals surface area contributed by atoms with E-state index in [1.165, 1.54) is 25.1 Å². The Kier molecular flexibility index (Phi) is 4.12. The maximum absolute atomic E-state index is 13.5. The zero-order valence-corrected chi connectivity index (χ0v) is 10.9. The monoisotopic (exact) mass is 280 g/mol. The Morgan fingerprint density at radius 3 is 2.37 bits per heavy atom. The lowest BCUT2D eigenvalue weighted by molar-refractivity contribution is 0.579. The van der Waals surface area contributed by atoms with Crippen LogP contribution >= 0.6 is 11.6 Å². The molecule has 1 N–H and O–H groups in total. The lowest BCUT2D eigenvalue weighted by atomic mass is 10.1. The summed E-state index contributed by atoms with van der Waals surface area (Å²) in [5.41, 5.74) is 3.43. The number of rotatable bonds is 3. The third-order valence-electron chi connectivity index (χ3n) is 2.50.